The van der Waals surface area contributed by atoms with Crippen LogP contribution in [0.15, 0.2) is 23.3 Å². The van der Waals surface area contributed by atoms with E-state index in [1.54, 1.807) is 19.1 Å². The summed E-state index contributed by atoms with van der Waals surface area (Å²) in [5, 5.41) is 9.31. The van der Waals surface area contributed by atoms with Crippen LogP contribution in [0.3, 0.4) is 0 Å². The fourth-order valence-corrected chi connectivity index (χ4v) is 1.44. The summed E-state index contributed by atoms with van der Waals surface area (Å²) in [7, 11) is 0. The normalized spacial score (nSPS) is 18.2. The van der Waals surface area contributed by atoms with Crippen molar-refractivity contribution >= 4 is 11.8 Å². The number of carbonyl (C=O) groups excluding carboxylic acids is 2. The first-order valence-electron chi connectivity index (χ1n) is 4.45. The fraction of sp³-hybridized carbons (Fsp3) is 0.400. The van der Waals surface area contributed by atoms with Crippen LogP contribution in [-0.2, 0) is 9.59 Å². The predicted molar refractivity (Wildman–Crippen MR) is 50.3 cm³/mol. The van der Waals surface area contributed by atoms with Gasteiger partial charge in [0, 0.05) is 5.57 Å². The lowest BCUT2D eigenvalue weighted by molar-refractivity contribution is -0.170. The third kappa shape index (κ3) is 1.48. The van der Waals surface area contributed by atoms with Crippen LogP contribution < -0.4 is 0 Å². The summed E-state index contributed by atoms with van der Waals surface area (Å²) in [5.41, 5.74) is 0.658. The highest BCUT2D eigenvalue weighted by Gasteiger charge is 2.37. The van der Waals surface area contributed by atoms with E-state index in [2.05, 4.69) is 0 Å². The van der Waals surface area contributed by atoms with Crippen LogP contribution in [-0.4, -0.2) is 22.1 Å². The van der Waals surface area contributed by atoms with Gasteiger partial charge in [0.1, 0.15) is 0 Å². The Kier molecular flexibility index (Phi) is 2.86. The Hall–Kier alpha value is -1.42. The molecular formula is C10H13NO3. The first-order valence-corrected chi connectivity index (χ1v) is 4.45. The van der Waals surface area contributed by atoms with E-state index in [1.807, 2.05) is 13.8 Å². The first kappa shape index (κ1) is 10.7. The van der Waals surface area contributed by atoms with Crippen molar-refractivity contribution in [3.05, 3.63) is 23.3 Å². The predicted octanol–water partition coefficient (Wildman–Crippen LogP) is 1.27. The molecule has 1 N–H and O–H groups in total. The second-order valence-corrected chi connectivity index (χ2v) is 3.40. The Morgan fingerprint density at radius 1 is 1.29 bits per heavy atom. The number of nitrogens with zero attached hydrogens (tertiary/aromatic N) is 1. The van der Waals surface area contributed by atoms with E-state index in [1.165, 1.54) is 0 Å². The second kappa shape index (κ2) is 3.75. The van der Waals surface area contributed by atoms with Crippen molar-refractivity contribution < 1.29 is 14.8 Å². The summed E-state index contributed by atoms with van der Waals surface area (Å²) < 4.78 is 0. The number of rotatable bonds is 2. The molecular weight excluding hydrogens is 182 g/mol. The van der Waals surface area contributed by atoms with E-state index in [0.29, 0.717) is 5.57 Å². The van der Waals surface area contributed by atoms with E-state index in [9.17, 15) is 9.59 Å². The van der Waals surface area contributed by atoms with Crippen LogP contribution in [0.5, 0.6) is 0 Å². The van der Waals surface area contributed by atoms with Gasteiger partial charge in [0.15, 0.2) is 0 Å². The molecule has 76 valence electrons. The van der Waals surface area contributed by atoms with Crippen molar-refractivity contribution in [3.63, 3.8) is 0 Å². The Morgan fingerprint density at radius 2 is 1.86 bits per heavy atom. The molecule has 0 unspecified atom stereocenters. The SMILES string of the molecule is C/C=C\C1=C(C(C)C)C(=O)N(O)C1=O. The molecule has 14 heavy (non-hydrogen) atoms. The number of hydrogen-bond acceptors (Lipinski definition) is 3. The number of amides is 2. The van der Waals surface area contributed by atoms with Crippen LogP contribution >= 0.6 is 0 Å². The van der Waals surface area contributed by atoms with Crippen LogP contribution in [0.1, 0.15) is 20.8 Å². The minimum Gasteiger partial charge on any atom is -0.278 e. The number of carbonyl (C=O) groups is 2. The smallest absolute Gasteiger partial charge is 0.278 e. The van der Waals surface area contributed by atoms with Gasteiger partial charge in [-0.3, -0.25) is 14.8 Å². The van der Waals surface area contributed by atoms with Gasteiger partial charge >= 0.3 is 0 Å². The molecule has 1 heterocycles. The van der Waals surface area contributed by atoms with Gasteiger partial charge in [0.2, 0.25) is 0 Å². The maximum absolute atomic E-state index is 11.4. The van der Waals surface area contributed by atoms with Gasteiger partial charge in [0.25, 0.3) is 11.8 Å². The topological polar surface area (TPSA) is 57.6 Å². The lowest BCUT2D eigenvalue weighted by atomic mass is 9.99. The lowest BCUT2D eigenvalue weighted by Gasteiger charge is -2.06. The molecule has 0 radical (unpaired) electrons. The minimum absolute atomic E-state index is 0.0743. The van der Waals surface area contributed by atoms with Crippen molar-refractivity contribution in [3.8, 4) is 0 Å². The molecule has 0 aromatic rings. The minimum atomic E-state index is -0.642. The molecule has 1 aliphatic heterocycles. The van der Waals surface area contributed by atoms with Crippen molar-refractivity contribution in [1.82, 2.24) is 5.06 Å². The third-order valence-corrected chi connectivity index (χ3v) is 2.05. The zero-order valence-corrected chi connectivity index (χ0v) is 8.44. The standard InChI is InChI=1S/C10H13NO3/c1-4-5-7-8(6(2)3)10(13)11(14)9(7)12/h4-6,14H,1-3H3/b5-4-. The molecule has 0 saturated carbocycles. The largest absolute Gasteiger partial charge is 0.285 e. The van der Waals surface area contributed by atoms with Gasteiger partial charge in [-0.25, -0.2) is 0 Å². The van der Waals surface area contributed by atoms with E-state index in [0.717, 1.165) is 0 Å². The van der Waals surface area contributed by atoms with Crippen LogP contribution in [0, 0.1) is 5.92 Å². The van der Waals surface area contributed by atoms with Crippen molar-refractivity contribution in [2.45, 2.75) is 20.8 Å². The molecule has 0 fully saturated rings. The second-order valence-electron chi connectivity index (χ2n) is 3.40. The molecule has 4 heteroatoms. The number of hydrogen-bond donors (Lipinski definition) is 1. The highest BCUT2D eigenvalue weighted by atomic mass is 16.5. The summed E-state index contributed by atoms with van der Waals surface area (Å²) >= 11 is 0. The van der Waals surface area contributed by atoms with Gasteiger partial charge in [-0.15, -0.1) is 5.06 Å². The zero-order valence-electron chi connectivity index (χ0n) is 8.44. The van der Waals surface area contributed by atoms with Gasteiger partial charge in [-0.1, -0.05) is 26.0 Å². The quantitative estimate of drug-likeness (QED) is 0.533. The Labute approximate surface area is 82.5 Å². The average molecular weight is 195 g/mol. The maximum Gasteiger partial charge on any atom is 0.285 e. The molecule has 0 bridgehead atoms. The summed E-state index contributed by atoms with van der Waals surface area (Å²) in [6, 6.07) is 0. The highest BCUT2D eigenvalue weighted by molar-refractivity contribution is 6.19. The Bertz CT molecular complexity index is 339. The van der Waals surface area contributed by atoms with Gasteiger partial charge in [-0.05, 0) is 12.8 Å². The molecule has 0 spiro atoms. The molecule has 0 atom stereocenters. The van der Waals surface area contributed by atoms with Crippen LogP contribution in [0.4, 0.5) is 0 Å². The van der Waals surface area contributed by atoms with Gasteiger partial charge in [0.05, 0.1) is 5.57 Å². The average Bonchev–Trinajstić information content (AvgIpc) is 2.32. The summed E-state index contributed by atoms with van der Waals surface area (Å²) in [6.07, 6.45) is 3.22. The molecule has 2 amide bonds. The molecule has 0 aromatic heterocycles. The fourth-order valence-electron chi connectivity index (χ4n) is 1.44. The van der Waals surface area contributed by atoms with E-state index in [-0.39, 0.29) is 16.6 Å². The van der Waals surface area contributed by atoms with Crippen LogP contribution in [0.25, 0.3) is 0 Å². The lowest BCUT2D eigenvalue weighted by Crippen LogP contribution is -2.28. The number of allylic oxidation sites excluding steroid dienone is 1. The number of hydroxylamine groups is 2. The maximum atomic E-state index is 11.4. The molecule has 0 aliphatic carbocycles. The molecule has 0 aromatic carbocycles. The molecule has 1 aliphatic rings. The Morgan fingerprint density at radius 3 is 2.29 bits per heavy atom. The molecule has 0 saturated heterocycles. The van der Waals surface area contributed by atoms with E-state index in [4.69, 9.17) is 5.21 Å². The van der Waals surface area contributed by atoms with Gasteiger partial charge < -0.3 is 0 Å². The Balaban J connectivity index is 3.25. The summed E-state index contributed by atoms with van der Waals surface area (Å²) in [4.78, 5) is 22.8. The summed E-state index contributed by atoms with van der Waals surface area (Å²) in [6.45, 7) is 5.37. The highest BCUT2D eigenvalue weighted by Crippen LogP contribution is 2.26. The van der Waals surface area contributed by atoms with E-state index >= 15 is 0 Å². The van der Waals surface area contributed by atoms with Crippen molar-refractivity contribution in [2.24, 2.45) is 5.92 Å². The molecule has 1 rings (SSSR count). The van der Waals surface area contributed by atoms with Crippen molar-refractivity contribution in [1.29, 1.82) is 0 Å². The first-order chi connectivity index (χ1) is 6.50. The zero-order chi connectivity index (χ0) is 10.9. The third-order valence-electron chi connectivity index (χ3n) is 2.05. The van der Waals surface area contributed by atoms with Crippen LogP contribution in [0.2, 0.25) is 0 Å². The van der Waals surface area contributed by atoms with E-state index < -0.39 is 11.8 Å². The van der Waals surface area contributed by atoms with Crippen molar-refractivity contribution in [2.75, 3.05) is 0 Å². The van der Waals surface area contributed by atoms with Gasteiger partial charge in [-0.2, -0.15) is 0 Å². The number of imide groups is 1. The molecule has 4 nitrogen and oxygen atoms in total. The monoisotopic (exact) mass is 195 g/mol. The summed E-state index contributed by atoms with van der Waals surface area (Å²) in [5.74, 6) is -1.33.